The number of aryl methyl sites for hydroxylation is 1. The Balaban J connectivity index is 0.000000289. The smallest absolute Gasteiger partial charge is 0.164 e. The third kappa shape index (κ3) is 8.12. The standard InChI is InChI=1S/C29H27N2S3.C15H28O2.Ir/c1-15(2)11-22-16(3)23-21(33-22)8-7-19-25-28(34-27(19)23)24(30-14-31-25)18-12-17-9-10-32-26(17)20(13-18)29(4,5)6;1-7-14(5,8-2)12(16)11-13(17)15(6,9-3)10-4;/h7-10,13-15H,11H2,1-6H3;11,16H,7-10H2,1-6H3;/q-1;;/b;12-11-;. The number of allylic oxidation sites excluding steroid dienone is 2. The number of nitrogens with zero attached hydrogens (tertiary/aromatic N) is 2. The maximum atomic E-state index is 12.2. The molecule has 52 heavy (non-hydrogen) atoms. The number of aliphatic hydroxyl groups is 1. The molecule has 2 aromatic carbocycles. The maximum absolute atomic E-state index is 12.2. The van der Waals surface area contributed by atoms with Gasteiger partial charge in [-0.3, -0.25) is 9.78 Å². The van der Waals surface area contributed by atoms with Crippen LogP contribution in [0.25, 0.3) is 51.7 Å². The van der Waals surface area contributed by atoms with Crippen molar-refractivity contribution >= 4 is 80.3 Å². The first kappa shape index (κ1) is 42.3. The third-order valence-electron chi connectivity index (χ3n) is 11.1. The van der Waals surface area contributed by atoms with Crippen molar-refractivity contribution in [2.45, 2.75) is 121 Å². The molecule has 281 valence electrons. The van der Waals surface area contributed by atoms with Gasteiger partial charge in [-0.25, -0.2) is 4.98 Å². The van der Waals surface area contributed by atoms with E-state index in [0.717, 1.165) is 53.6 Å². The summed E-state index contributed by atoms with van der Waals surface area (Å²) < 4.78 is 5.20. The van der Waals surface area contributed by atoms with Gasteiger partial charge in [-0.1, -0.05) is 87.3 Å². The van der Waals surface area contributed by atoms with Crippen molar-refractivity contribution in [2.24, 2.45) is 16.7 Å². The predicted octanol–water partition coefficient (Wildman–Crippen LogP) is 14.2. The molecule has 0 saturated carbocycles. The Bertz CT molecular complexity index is 2220. The van der Waals surface area contributed by atoms with Crippen molar-refractivity contribution in [1.82, 2.24) is 9.97 Å². The van der Waals surface area contributed by atoms with Gasteiger partial charge in [0.25, 0.3) is 0 Å². The zero-order chi connectivity index (χ0) is 37.5. The molecule has 0 atom stereocenters. The van der Waals surface area contributed by atoms with E-state index in [-0.39, 0.29) is 47.9 Å². The Kier molecular flexibility index (Phi) is 13.4. The first-order chi connectivity index (χ1) is 24.0. The summed E-state index contributed by atoms with van der Waals surface area (Å²) in [5.74, 6) is 0.940. The Morgan fingerprint density at radius 2 is 1.56 bits per heavy atom. The number of ketones is 1. The normalized spacial score (nSPS) is 12.9. The second-order valence-corrected chi connectivity index (χ2v) is 19.1. The van der Waals surface area contributed by atoms with E-state index in [1.807, 2.05) is 64.2 Å². The van der Waals surface area contributed by atoms with Gasteiger partial charge in [-0.2, -0.15) is 11.3 Å². The van der Waals surface area contributed by atoms with Crippen LogP contribution >= 0.6 is 34.0 Å². The first-order valence-corrected chi connectivity index (χ1v) is 21.0. The fourth-order valence-electron chi connectivity index (χ4n) is 6.54. The van der Waals surface area contributed by atoms with Gasteiger partial charge in [0.15, 0.2) is 5.78 Å². The molecule has 6 rings (SSSR count). The molecule has 0 bridgehead atoms. The molecular formula is C44H55IrN2O2S3-. The predicted molar refractivity (Wildman–Crippen MR) is 225 cm³/mol. The minimum atomic E-state index is -0.337. The van der Waals surface area contributed by atoms with Crippen LogP contribution in [-0.2, 0) is 36.7 Å². The van der Waals surface area contributed by atoms with E-state index < -0.39 is 0 Å². The molecule has 0 aliphatic rings. The molecule has 0 amide bonds. The molecule has 4 aromatic heterocycles. The van der Waals surface area contributed by atoms with Crippen LogP contribution in [0.2, 0.25) is 0 Å². The fourth-order valence-corrected chi connectivity index (χ4v) is 10.5. The number of hydrogen-bond acceptors (Lipinski definition) is 7. The summed E-state index contributed by atoms with van der Waals surface area (Å²) in [7, 11) is 0. The Morgan fingerprint density at radius 3 is 2.15 bits per heavy atom. The molecule has 0 aliphatic carbocycles. The molecule has 6 aromatic rings. The van der Waals surface area contributed by atoms with Crippen molar-refractivity contribution in [2.75, 3.05) is 0 Å². The van der Waals surface area contributed by atoms with Crippen LogP contribution < -0.4 is 0 Å². The van der Waals surface area contributed by atoms with Crippen LogP contribution in [0, 0.1) is 29.7 Å². The largest absolute Gasteiger partial charge is 0.512 e. The Labute approximate surface area is 336 Å². The summed E-state index contributed by atoms with van der Waals surface area (Å²) in [5, 5.41) is 16.1. The van der Waals surface area contributed by atoms with Gasteiger partial charge >= 0.3 is 0 Å². The average molecular weight is 932 g/mol. The summed E-state index contributed by atoms with van der Waals surface area (Å²) in [5.41, 5.74) is 5.34. The fraction of sp³-hybridized carbons (Fsp3) is 0.477. The Hall–Kier alpha value is -2.48. The minimum Gasteiger partial charge on any atom is -0.512 e. The van der Waals surface area contributed by atoms with Crippen molar-refractivity contribution in [3.8, 4) is 11.3 Å². The topological polar surface area (TPSA) is 63.1 Å². The monoisotopic (exact) mass is 932 g/mol. The number of aliphatic hydroxyl groups excluding tert-OH is 1. The van der Waals surface area contributed by atoms with E-state index in [1.54, 1.807) is 17.7 Å². The van der Waals surface area contributed by atoms with Crippen molar-refractivity contribution < 1.29 is 30.0 Å². The molecule has 4 heterocycles. The van der Waals surface area contributed by atoms with Crippen LogP contribution in [0.3, 0.4) is 0 Å². The SMILES string of the molecule is CCC(C)(CC)C(=O)/C=C(\O)C(C)(CC)CC.Cc1c(CC(C)C)sc2ccc3c4ncnc(-c5[c-]c6ccsc6c(C(C)(C)C)c5)c4sc3c12.[Ir]. The van der Waals surface area contributed by atoms with Gasteiger partial charge in [0.2, 0.25) is 0 Å². The molecule has 1 radical (unpaired) electrons. The summed E-state index contributed by atoms with van der Waals surface area (Å²) in [6.45, 7) is 25.8. The van der Waals surface area contributed by atoms with Crippen LogP contribution in [-0.4, -0.2) is 20.9 Å². The quantitative estimate of drug-likeness (QED) is 0.0844. The number of hydrogen-bond donors (Lipinski definition) is 1. The van der Waals surface area contributed by atoms with E-state index in [4.69, 9.17) is 9.97 Å². The number of thiophene rings is 3. The second kappa shape index (κ2) is 16.5. The number of carbonyl (C=O) groups excluding carboxylic acids is 1. The molecule has 8 heteroatoms. The minimum absolute atomic E-state index is 0. The molecular weight excluding hydrogens is 877 g/mol. The maximum Gasteiger partial charge on any atom is 0.164 e. The molecule has 0 spiro atoms. The summed E-state index contributed by atoms with van der Waals surface area (Å²) in [6.07, 6.45) is 7.61. The third-order valence-corrected chi connectivity index (χ3v) is 14.6. The van der Waals surface area contributed by atoms with Gasteiger partial charge in [0, 0.05) is 72.5 Å². The van der Waals surface area contributed by atoms with E-state index in [1.165, 1.54) is 52.3 Å². The van der Waals surface area contributed by atoms with Crippen molar-refractivity contribution in [1.29, 1.82) is 0 Å². The zero-order valence-electron chi connectivity index (χ0n) is 33.0. The van der Waals surface area contributed by atoms with Crippen molar-refractivity contribution in [3.63, 3.8) is 0 Å². The average Bonchev–Trinajstić information content (AvgIpc) is 3.81. The zero-order valence-corrected chi connectivity index (χ0v) is 37.8. The van der Waals surface area contributed by atoms with Gasteiger partial charge in [0.1, 0.15) is 12.1 Å². The molecule has 0 saturated heterocycles. The molecule has 1 N–H and O–H groups in total. The number of fused-ring (bicyclic) bond motifs is 6. The summed E-state index contributed by atoms with van der Waals surface area (Å²) in [6, 6.07) is 12.7. The first-order valence-electron chi connectivity index (χ1n) is 18.5. The molecule has 4 nitrogen and oxygen atoms in total. The van der Waals surface area contributed by atoms with Gasteiger partial charge in [0.05, 0.1) is 5.52 Å². The molecule has 0 aliphatic heterocycles. The van der Waals surface area contributed by atoms with E-state index in [0.29, 0.717) is 5.92 Å². The van der Waals surface area contributed by atoms with E-state index in [9.17, 15) is 9.90 Å². The Morgan fingerprint density at radius 1 is 0.904 bits per heavy atom. The molecule has 0 fully saturated rings. The number of aromatic nitrogens is 2. The van der Waals surface area contributed by atoms with Crippen LogP contribution in [0.15, 0.2) is 47.8 Å². The number of benzene rings is 2. The van der Waals surface area contributed by atoms with Gasteiger partial charge in [-0.15, -0.1) is 46.3 Å². The van der Waals surface area contributed by atoms with E-state index >= 15 is 0 Å². The van der Waals surface area contributed by atoms with Crippen LogP contribution in [0.5, 0.6) is 0 Å². The number of rotatable bonds is 10. The van der Waals surface area contributed by atoms with Gasteiger partial charge in [-0.05, 0) is 78.1 Å². The molecule has 0 unspecified atom stereocenters. The number of carbonyl (C=O) groups is 1. The second-order valence-electron chi connectivity index (χ2n) is 16.0. The van der Waals surface area contributed by atoms with E-state index in [2.05, 4.69) is 77.3 Å². The summed E-state index contributed by atoms with van der Waals surface area (Å²) in [4.78, 5) is 23.3. The van der Waals surface area contributed by atoms with Crippen molar-refractivity contribution in [3.05, 3.63) is 69.9 Å². The van der Waals surface area contributed by atoms with Crippen LogP contribution in [0.4, 0.5) is 0 Å². The van der Waals surface area contributed by atoms with Gasteiger partial charge < -0.3 is 5.11 Å². The van der Waals surface area contributed by atoms with Crippen LogP contribution in [0.1, 0.15) is 118 Å². The summed E-state index contributed by atoms with van der Waals surface area (Å²) >= 11 is 5.60.